The average Bonchev–Trinajstić information content (AvgIpc) is 2.92. The van der Waals surface area contributed by atoms with Crippen molar-refractivity contribution in [3.05, 3.63) is 47.5 Å². The average molecular weight is 404 g/mol. The summed E-state index contributed by atoms with van der Waals surface area (Å²) < 4.78 is 45.1. The molecule has 2 aromatic rings. The quantitative estimate of drug-likeness (QED) is 0.781. The number of nitrogens with zero attached hydrogens (tertiary/aromatic N) is 1. The van der Waals surface area contributed by atoms with Crippen molar-refractivity contribution in [2.24, 2.45) is 0 Å². The molecule has 4 rings (SSSR count). The molecular formula is C21H25NO5S. The summed E-state index contributed by atoms with van der Waals surface area (Å²) in [5.41, 5.74) is 2.10. The summed E-state index contributed by atoms with van der Waals surface area (Å²) in [5, 5.41) is 0. The Kier molecular flexibility index (Phi) is 5.21. The zero-order valence-corrected chi connectivity index (χ0v) is 17.0. The molecule has 0 saturated carbocycles. The minimum Gasteiger partial charge on any atom is -0.494 e. The Labute approximate surface area is 166 Å². The van der Waals surface area contributed by atoms with Crippen molar-refractivity contribution in [1.82, 2.24) is 4.31 Å². The Morgan fingerprint density at radius 3 is 2.46 bits per heavy atom. The van der Waals surface area contributed by atoms with Crippen molar-refractivity contribution in [1.29, 1.82) is 0 Å². The minimum atomic E-state index is -3.61. The van der Waals surface area contributed by atoms with Crippen LogP contribution in [0.15, 0.2) is 41.3 Å². The lowest BCUT2D eigenvalue weighted by molar-refractivity contribution is 0.296. The summed E-state index contributed by atoms with van der Waals surface area (Å²) in [6.45, 7) is 6.04. The molecule has 0 amide bonds. The standard InChI is InChI=1S/C21H25NO5S/c1-3-25-17-5-7-18(8-6-17)28(23,24)22-10-9-16-13-20-21(14-19(16)15(22)2)27-12-4-11-26-20/h5-8,13-15H,3-4,9-12H2,1-2H3. The van der Waals surface area contributed by atoms with E-state index >= 15 is 0 Å². The topological polar surface area (TPSA) is 65.1 Å². The Bertz CT molecular complexity index is 956. The summed E-state index contributed by atoms with van der Waals surface area (Å²) in [7, 11) is -3.61. The predicted molar refractivity (Wildman–Crippen MR) is 106 cm³/mol. The van der Waals surface area contributed by atoms with Gasteiger partial charge >= 0.3 is 0 Å². The number of rotatable bonds is 4. The lowest BCUT2D eigenvalue weighted by atomic mass is 9.94. The van der Waals surface area contributed by atoms with Crippen molar-refractivity contribution < 1.29 is 22.6 Å². The van der Waals surface area contributed by atoms with E-state index in [0.717, 1.165) is 23.3 Å². The zero-order valence-electron chi connectivity index (χ0n) is 16.2. The van der Waals surface area contributed by atoms with E-state index in [2.05, 4.69) is 0 Å². The summed E-state index contributed by atoms with van der Waals surface area (Å²) in [5.74, 6) is 2.12. The second-order valence-corrected chi connectivity index (χ2v) is 8.88. The fourth-order valence-electron chi connectivity index (χ4n) is 3.79. The Morgan fingerprint density at radius 2 is 1.79 bits per heavy atom. The van der Waals surface area contributed by atoms with Gasteiger partial charge in [-0.05, 0) is 67.8 Å². The molecule has 1 atom stereocenters. The second-order valence-electron chi connectivity index (χ2n) is 6.99. The molecule has 0 saturated heterocycles. The van der Waals surface area contributed by atoms with Gasteiger partial charge in [0, 0.05) is 19.0 Å². The fourth-order valence-corrected chi connectivity index (χ4v) is 5.40. The third kappa shape index (κ3) is 3.44. The van der Waals surface area contributed by atoms with Crippen LogP contribution in [0.25, 0.3) is 0 Å². The van der Waals surface area contributed by atoms with Crippen LogP contribution in [0.3, 0.4) is 0 Å². The molecule has 0 N–H and O–H groups in total. The van der Waals surface area contributed by atoms with Crippen LogP contribution in [0.2, 0.25) is 0 Å². The Hall–Kier alpha value is -2.25. The molecule has 0 spiro atoms. The van der Waals surface area contributed by atoms with Crippen molar-refractivity contribution in [3.8, 4) is 17.2 Å². The summed E-state index contributed by atoms with van der Waals surface area (Å²) in [6, 6.07) is 10.3. The lowest BCUT2D eigenvalue weighted by Crippen LogP contribution is -2.38. The number of sulfonamides is 1. The van der Waals surface area contributed by atoms with Gasteiger partial charge in [-0.2, -0.15) is 4.31 Å². The van der Waals surface area contributed by atoms with Gasteiger partial charge in [0.25, 0.3) is 0 Å². The van der Waals surface area contributed by atoms with Gasteiger partial charge < -0.3 is 14.2 Å². The number of fused-ring (bicyclic) bond motifs is 2. The van der Waals surface area contributed by atoms with Crippen molar-refractivity contribution in [3.63, 3.8) is 0 Å². The van der Waals surface area contributed by atoms with Gasteiger partial charge in [-0.25, -0.2) is 8.42 Å². The molecule has 0 fully saturated rings. The Morgan fingerprint density at radius 1 is 1.11 bits per heavy atom. The minimum absolute atomic E-state index is 0.278. The van der Waals surface area contributed by atoms with E-state index in [1.165, 1.54) is 0 Å². The molecule has 28 heavy (non-hydrogen) atoms. The van der Waals surface area contributed by atoms with Gasteiger partial charge in [0.2, 0.25) is 10.0 Å². The van der Waals surface area contributed by atoms with E-state index in [1.807, 2.05) is 26.0 Å². The Balaban J connectivity index is 1.64. The first-order valence-electron chi connectivity index (χ1n) is 9.68. The van der Waals surface area contributed by atoms with Crippen LogP contribution < -0.4 is 14.2 Å². The first kappa shape index (κ1) is 19.1. The third-order valence-electron chi connectivity index (χ3n) is 5.23. The van der Waals surface area contributed by atoms with Gasteiger partial charge in [0.15, 0.2) is 11.5 Å². The van der Waals surface area contributed by atoms with Gasteiger partial charge in [-0.1, -0.05) is 0 Å². The fraction of sp³-hybridized carbons (Fsp3) is 0.429. The maximum absolute atomic E-state index is 13.2. The molecule has 0 aliphatic carbocycles. The lowest BCUT2D eigenvalue weighted by Gasteiger charge is -2.34. The highest BCUT2D eigenvalue weighted by Crippen LogP contribution is 2.40. The molecule has 0 bridgehead atoms. The van der Waals surface area contributed by atoms with Crippen molar-refractivity contribution >= 4 is 10.0 Å². The summed E-state index contributed by atoms with van der Waals surface area (Å²) in [4.78, 5) is 0.278. The third-order valence-corrected chi connectivity index (χ3v) is 7.22. The first-order valence-corrected chi connectivity index (χ1v) is 11.1. The van der Waals surface area contributed by atoms with E-state index in [-0.39, 0.29) is 10.9 Å². The number of hydrogen-bond donors (Lipinski definition) is 0. The van der Waals surface area contributed by atoms with E-state index in [4.69, 9.17) is 14.2 Å². The molecular weight excluding hydrogens is 378 g/mol. The SMILES string of the molecule is CCOc1ccc(S(=O)(=O)N2CCc3cc4c(cc3C2C)OCCCO4)cc1. The zero-order chi connectivity index (χ0) is 19.7. The smallest absolute Gasteiger partial charge is 0.243 e. The molecule has 150 valence electrons. The van der Waals surface area contributed by atoms with Crippen LogP contribution in [0, 0.1) is 0 Å². The normalized spacial score (nSPS) is 19.6. The molecule has 6 nitrogen and oxygen atoms in total. The maximum atomic E-state index is 13.2. The first-order chi connectivity index (χ1) is 13.5. The van der Waals surface area contributed by atoms with Crippen LogP contribution in [0.1, 0.15) is 37.4 Å². The number of benzene rings is 2. The highest BCUT2D eigenvalue weighted by Gasteiger charge is 2.35. The van der Waals surface area contributed by atoms with Crippen molar-refractivity contribution in [2.45, 2.75) is 37.6 Å². The molecule has 2 aromatic carbocycles. The van der Waals surface area contributed by atoms with E-state index in [9.17, 15) is 8.42 Å². The summed E-state index contributed by atoms with van der Waals surface area (Å²) in [6.07, 6.45) is 1.49. The molecule has 2 heterocycles. The molecule has 0 radical (unpaired) electrons. The van der Waals surface area contributed by atoms with Gasteiger partial charge in [-0.3, -0.25) is 0 Å². The number of ether oxygens (including phenoxy) is 3. The molecule has 0 aromatic heterocycles. The summed E-state index contributed by atoms with van der Waals surface area (Å²) >= 11 is 0. The predicted octanol–water partition coefficient (Wildman–Crippen LogP) is 3.55. The van der Waals surface area contributed by atoms with E-state index in [0.29, 0.717) is 44.3 Å². The van der Waals surface area contributed by atoms with E-state index in [1.54, 1.807) is 28.6 Å². The number of hydrogen-bond acceptors (Lipinski definition) is 5. The monoisotopic (exact) mass is 403 g/mol. The van der Waals surface area contributed by atoms with Crippen LogP contribution in [0.4, 0.5) is 0 Å². The van der Waals surface area contributed by atoms with Crippen LogP contribution in [0.5, 0.6) is 17.2 Å². The van der Waals surface area contributed by atoms with Gasteiger partial charge in [0.05, 0.1) is 24.7 Å². The molecule has 2 aliphatic rings. The molecule has 2 aliphatic heterocycles. The maximum Gasteiger partial charge on any atom is 0.243 e. The molecule has 7 heteroatoms. The van der Waals surface area contributed by atoms with Crippen LogP contribution in [-0.2, 0) is 16.4 Å². The highest BCUT2D eigenvalue weighted by atomic mass is 32.2. The van der Waals surface area contributed by atoms with Gasteiger partial charge in [0.1, 0.15) is 5.75 Å². The van der Waals surface area contributed by atoms with Gasteiger partial charge in [-0.15, -0.1) is 0 Å². The highest BCUT2D eigenvalue weighted by molar-refractivity contribution is 7.89. The van der Waals surface area contributed by atoms with Crippen LogP contribution in [-0.4, -0.2) is 39.1 Å². The van der Waals surface area contributed by atoms with E-state index < -0.39 is 10.0 Å². The largest absolute Gasteiger partial charge is 0.494 e. The molecule has 1 unspecified atom stereocenters. The van der Waals surface area contributed by atoms with Crippen LogP contribution >= 0.6 is 0 Å². The second kappa shape index (κ2) is 7.64. The van der Waals surface area contributed by atoms with Crippen molar-refractivity contribution in [2.75, 3.05) is 26.4 Å².